The summed E-state index contributed by atoms with van der Waals surface area (Å²) in [5.41, 5.74) is 2.07. The molecule has 0 aromatic rings. The minimum atomic E-state index is -0.249. The lowest BCUT2D eigenvalue weighted by molar-refractivity contribution is -0.137. The highest BCUT2D eigenvalue weighted by molar-refractivity contribution is 5.82. The highest BCUT2D eigenvalue weighted by Gasteiger charge is 2.42. The zero-order valence-corrected chi connectivity index (χ0v) is 9.34. The smallest absolute Gasteiger partial charge is 0.240 e. The zero-order chi connectivity index (χ0) is 10.8. The van der Waals surface area contributed by atoms with Crippen LogP contribution < -0.4 is 11.3 Å². The Hall–Kier alpha value is -0.610. The molecule has 1 rings (SSSR count). The number of hydrogen-bond acceptors (Lipinski definition) is 3. The minimum Gasteiger partial charge on any atom is -0.306 e. The summed E-state index contributed by atoms with van der Waals surface area (Å²) < 4.78 is 0. The second-order valence-corrected chi connectivity index (χ2v) is 4.59. The molecule has 0 aliphatic carbocycles. The molecule has 0 unspecified atom stereocenters. The van der Waals surface area contributed by atoms with E-state index in [0.717, 1.165) is 25.9 Å². The van der Waals surface area contributed by atoms with Crippen molar-refractivity contribution >= 4 is 5.91 Å². The minimum absolute atomic E-state index is 0.000556. The summed E-state index contributed by atoms with van der Waals surface area (Å²) in [5, 5.41) is 0. The first-order chi connectivity index (χ1) is 6.53. The van der Waals surface area contributed by atoms with Gasteiger partial charge in [-0.3, -0.25) is 10.2 Å². The lowest BCUT2D eigenvalue weighted by Crippen LogP contribution is -2.52. The maximum absolute atomic E-state index is 11.8. The molecule has 82 valence electrons. The van der Waals surface area contributed by atoms with Crippen LogP contribution >= 0.6 is 0 Å². The molecule has 0 aromatic heterocycles. The van der Waals surface area contributed by atoms with Gasteiger partial charge in [0.25, 0.3) is 0 Å². The van der Waals surface area contributed by atoms with Crippen LogP contribution in [0.5, 0.6) is 0 Å². The van der Waals surface area contributed by atoms with Crippen LogP contribution in [-0.4, -0.2) is 30.9 Å². The summed E-state index contributed by atoms with van der Waals surface area (Å²) in [6.45, 7) is 6.15. The molecule has 14 heavy (non-hydrogen) atoms. The third-order valence-corrected chi connectivity index (χ3v) is 3.57. The van der Waals surface area contributed by atoms with E-state index in [4.69, 9.17) is 5.84 Å². The van der Waals surface area contributed by atoms with Crippen LogP contribution in [0.15, 0.2) is 0 Å². The van der Waals surface area contributed by atoms with Crippen LogP contribution in [-0.2, 0) is 4.79 Å². The topological polar surface area (TPSA) is 58.4 Å². The van der Waals surface area contributed by atoms with Crippen molar-refractivity contribution < 1.29 is 4.79 Å². The first-order valence-electron chi connectivity index (χ1n) is 5.22. The van der Waals surface area contributed by atoms with Gasteiger partial charge in [0, 0.05) is 0 Å². The molecule has 1 aliphatic heterocycles. The van der Waals surface area contributed by atoms with Crippen molar-refractivity contribution in [1.82, 2.24) is 10.3 Å². The molecule has 0 spiro atoms. The first-order valence-corrected chi connectivity index (χ1v) is 5.22. The van der Waals surface area contributed by atoms with Gasteiger partial charge >= 0.3 is 0 Å². The van der Waals surface area contributed by atoms with Gasteiger partial charge in [0.1, 0.15) is 0 Å². The second-order valence-electron chi connectivity index (χ2n) is 4.59. The maximum Gasteiger partial charge on any atom is 0.240 e. The Morgan fingerprint density at radius 3 is 2.29 bits per heavy atom. The van der Waals surface area contributed by atoms with E-state index in [1.54, 1.807) is 0 Å². The number of piperidine rings is 1. The van der Waals surface area contributed by atoms with Crippen LogP contribution in [0.4, 0.5) is 0 Å². The molecule has 0 radical (unpaired) electrons. The molecule has 0 atom stereocenters. The predicted octanol–water partition coefficient (Wildman–Crippen LogP) is 0.344. The molecular formula is C10H21N3O. The van der Waals surface area contributed by atoms with E-state index in [0.29, 0.717) is 5.92 Å². The van der Waals surface area contributed by atoms with Crippen LogP contribution in [0.3, 0.4) is 0 Å². The summed E-state index contributed by atoms with van der Waals surface area (Å²) in [6, 6.07) is 0. The summed E-state index contributed by atoms with van der Waals surface area (Å²) in [4.78, 5) is 14.0. The van der Waals surface area contributed by atoms with E-state index < -0.39 is 0 Å². The Bertz CT molecular complexity index is 207. The fourth-order valence-corrected chi connectivity index (χ4v) is 2.23. The normalized spacial score (nSPS) is 22.4. The fraction of sp³-hybridized carbons (Fsp3) is 0.900. The van der Waals surface area contributed by atoms with E-state index in [1.807, 2.05) is 0 Å². The average molecular weight is 199 g/mol. The molecule has 1 fully saturated rings. The van der Waals surface area contributed by atoms with Crippen molar-refractivity contribution in [2.24, 2.45) is 17.2 Å². The maximum atomic E-state index is 11.8. The molecule has 3 N–H and O–H groups in total. The Balaban J connectivity index is 2.78. The summed E-state index contributed by atoms with van der Waals surface area (Å²) in [7, 11) is 2.09. The van der Waals surface area contributed by atoms with Gasteiger partial charge in [-0.1, -0.05) is 13.8 Å². The van der Waals surface area contributed by atoms with E-state index >= 15 is 0 Å². The van der Waals surface area contributed by atoms with E-state index in [9.17, 15) is 4.79 Å². The Morgan fingerprint density at radius 2 is 1.93 bits per heavy atom. The van der Waals surface area contributed by atoms with Crippen molar-refractivity contribution in [3.8, 4) is 0 Å². The molecule has 1 saturated heterocycles. The predicted molar refractivity (Wildman–Crippen MR) is 56.3 cm³/mol. The van der Waals surface area contributed by atoms with E-state index in [2.05, 4.69) is 31.2 Å². The number of hydrogen-bond donors (Lipinski definition) is 2. The van der Waals surface area contributed by atoms with Crippen molar-refractivity contribution in [3.63, 3.8) is 0 Å². The molecule has 1 aliphatic rings. The third kappa shape index (κ3) is 1.91. The van der Waals surface area contributed by atoms with Crippen LogP contribution in [0.2, 0.25) is 0 Å². The number of carbonyl (C=O) groups is 1. The van der Waals surface area contributed by atoms with Crippen LogP contribution in [0.1, 0.15) is 26.7 Å². The summed E-state index contributed by atoms with van der Waals surface area (Å²) in [5.74, 6) is 5.59. The second kappa shape index (κ2) is 4.28. The third-order valence-electron chi connectivity index (χ3n) is 3.57. The Labute approximate surface area is 85.8 Å². The molecule has 0 bridgehead atoms. The van der Waals surface area contributed by atoms with Crippen LogP contribution in [0.25, 0.3) is 0 Å². The van der Waals surface area contributed by atoms with Gasteiger partial charge in [-0.2, -0.15) is 0 Å². The van der Waals surface area contributed by atoms with Gasteiger partial charge in [-0.25, -0.2) is 5.84 Å². The monoisotopic (exact) mass is 199 g/mol. The molecule has 0 aromatic carbocycles. The highest BCUT2D eigenvalue weighted by Crippen LogP contribution is 2.38. The van der Waals surface area contributed by atoms with Gasteiger partial charge in [0.05, 0.1) is 5.41 Å². The SMILES string of the molecule is CC(C)C1(C(=O)NN)CCN(C)CC1. The number of likely N-dealkylation sites (tertiary alicyclic amines) is 1. The Morgan fingerprint density at radius 1 is 1.43 bits per heavy atom. The summed E-state index contributed by atoms with van der Waals surface area (Å²) in [6.07, 6.45) is 1.81. The molecular weight excluding hydrogens is 178 g/mol. The standard InChI is InChI=1S/C10H21N3O/c1-8(2)10(9(14)12-11)4-6-13(3)7-5-10/h8H,4-7,11H2,1-3H3,(H,12,14). The van der Waals surface area contributed by atoms with Crippen molar-refractivity contribution in [1.29, 1.82) is 0 Å². The number of hydrazine groups is 1. The molecule has 0 saturated carbocycles. The number of nitrogens with two attached hydrogens (primary N) is 1. The average Bonchev–Trinajstić information content (AvgIpc) is 2.18. The zero-order valence-electron chi connectivity index (χ0n) is 9.34. The molecule has 4 nitrogen and oxygen atoms in total. The van der Waals surface area contributed by atoms with E-state index in [1.165, 1.54) is 0 Å². The van der Waals surface area contributed by atoms with E-state index in [-0.39, 0.29) is 11.3 Å². The molecule has 1 amide bonds. The van der Waals surface area contributed by atoms with Gasteiger partial charge in [0.15, 0.2) is 0 Å². The van der Waals surface area contributed by atoms with Crippen molar-refractivity contribution in [2.75, 3.05) is 20.1 Å². The Kier molecular flexibility index (Phi) is 3.50. The molecule has 4 heteroatoms. The number of nitrogens with zero attached hydrogens (tertiary/aromatic N) is 1. The highest BCUT2D eigenvalue weighted by atomic mass is 16.2. The first kappa shape index (κ1) is 11.5. The quantitative estimate of drug-likeness (QED) is 0.383. The lowest BCUT2D eigenvalue weighted by atomic mass is 9.69. The summed E-state index contributed by atoms with van der Waals surface area (Å²) >= 11 is 0. The van der Waals surface area contributed by atoms with Gasteiger partial charge in [0.2, 0.25) is 5.91 Å². The van der Waals surface area contributed by atoms with Gasteiger partial charge in [-0.05, 0) is 38.9 Å². The van der Waals surface area contributed by atoms with Crippen molar-refractivity contribution in [3.05, 3.63) is 0 Å². The molecule has 1 heterocycles. The number of carbonyl (C=O) groups excluding carboxylic acids is 1. The van der Waals surface area contributed by atoms with Gasteiger partial charge in [-0.15, -0.1) is 0 Å². The number of amides is 1. The number of nitrogens with one attached hydrogen (secondary N) is 1. The van der Waals surface area contributed by atoms with Crippen molar-refractivity contribution in [2.45, 2.75) is 26.7 Å². The largest absolute Gasteiger partial charge is 0.306 e. The fourth-order valence-electron chi connectivity index (χ4n) is 2.23. The van der Waals surface area contributed by atoms with Crippen LogP contribution in [0, 0.1) is 11.3 Å². The lowest BCUT2D eigenvalue weighted by Gasteiger charge is -2.41. The van der Waals surface area contributed by atoms with Gasteiger partial charge < -0.3 is 4.90 Å². The number of rotatable bonds is 2.